The summed E-state index contributed by atoms with van der Waals surface area (Å²) in [5.41, 5.74) is 0.738. The summed E-state index contributed by atoms with van der Waals surface area (Å²) in [6.07, 6.45) is 1.86. The van der Waals surface area contributed by atoms with Crippen molar-refractivity contribution in [2.75, 3.05) is 6.16 Å². The molecule has 2 aromatic carbocycles. The molecule has 1 N–H and O–H groups in total. The predicted molar refractivity (Wildman–Crippen MR) is 93.1 cm³/mol. The van der Waals surface area contributed by atoms with Crippen LogP contribution >= 0.6 is 7.92 Å². The minimum absolute atomic E-state index is 0.548. The normalized spacial score (nSPS) is 12.3. The van der Waals surface area contributed by atoms with Crippen molar-refractivity contribution in [3.8, 4) is 0 Å². The Hall–Kier alpha value is -2.02. The summed E-state index contributed by atoms with van der Waals surface area (Å²) in [6, 6.07) is 26.5. The van der Waals surface area contributed by atoms with E-state index in [1.54, 1.807) is 6.20 Å². The number of aliphatic hydroxyl groups is 1. The average molecular weight is 307 g/mol. The van der Waals surface area contributed by atoms with Crippen LogP contribution in [0.3, 0.4) is 0 Å². The van der Waals surface area contributed by atoms with Gasteiger partial charge in [0.05, 0.1) is 5.69 Å². The highest BCUT2D eigenvalue weighted by atomic mass is 31.1. The number of benzene rings is 2. The minimum Gasteiger partial charge on any atom is -0.386 e. The lowest BCUT2D eigenvalue weighted by atomic mass is 10.2. The third-order valence-electron chi connectivity index (χ3n) is 3.52. The Labute approximate surface area is 132 Å². The first kappa shape index (κ1) is 14.9. The standard InChI is InChI=1S/C19H18NOP/c21-19(18-13-7-8-14-20-18)15-22(16-9-3-1-4-10-16)17-11-5-2-6-12-17/h1-14,19,21H,15H2/t19-/m0/s1. The number of hydrogen-bond acceptors (Lipinski definition) is 2. The number of aromatic nitrogens is 1. The first-order valence-corrected chi connectivity index (χ1v) is 8.84. The average Bonchev–Trinajstić information content (AvgIpc) is 2.62. The number of nitrogens with zero attached hydrogens (tertiary/aromatic N) is 1. The van der Waals surface area contributed by atoms with E-state index in [2.05, 4.69) is 53.5 Å². The summed E-state index contributed by atoms with van der Waals surface area (Å²) in [4.78, 5) is 4.28. The van der Waals surface area contributed by atoms with Crippen molar-refractivity contribution < 1.29 is 5.11 Å². The maximum Gasteiger partial charge on any atom is 0.100 e. The molecular weight excluding hydrogens is 289 g/mol. The summed E-state index contributed by atoms with van der Waals surface area (Å²) in [7, 11) is -0.604. The molecule has 22 heavy (non-hydrogen) atoms. The highest BCUT2D eigenvalue weighted by Gasteiger charge is 2.19. The Morgan fingerprint density at radius 2 is 1.32 bits per heavy atom. The molecule has 0 saturated carbocycles. The van der Waals surface area contributed by atoms with E-state index >= 15 is 0 Å². The zero-order chi connectivity index (χ0) is 15.2. The van der Waals surface area contributed by atoms with E-state index in [0.717, 1.165) is 5.69 Å². The molecule has 1 heterocycles. The largest absolute Gasteiger partial charge is 0.386 e. The Kier molecular flexibility index (Phi) is 4.95. The van der Waals surface area contributed by atoms with E-state index in [9.17, 15) is 5.11 Å². The van der Waals surface area contributed by atoms with E-state index in [4.69, 9.17) is 0 Å². The number of hydrogen-bond donors (Lipinski definition) is 1. The maximum atomic E-state index is 10.6. The Morgan fingerprint density at radius 3 is 1.82 bits per heavy atom. The van der Waals surface area contributed by atoms with Gasteiger partial charge in [-0.1, -0.05) is 66.7 Å². The Balaban J connectivity index is 1.90. The van der Waals surface area contributed by atoms with Crippen molar-refractivity contribution in [1.82, 2.24) is 4.98 Å². The molecule has 0 aliphatic rings. The van der Waals surface area contributed by atoms with Crippen molar-refractivity contribution in [2.24, 2.45) is 0 Å². The summed E-state index contributed by atoms with van der Waals surface area (Å²) < 4.78 is 0. The molecule has 2 nitrogen and oxygen atoms in total. The topological polar surface area (TPSA) is 33.1 Å². The van der Waals surface area contributed by atoms with Gasteiger partial charge in [0.1, 0.15) is 6.10 Å². The number of rotatable bonds is 5. The van der Waals surface area contributed by atoms with E-state index in [-0.39, 0.29) is 0 Å². The molecule has 0 amide bonds. The Morgan fingerprint density at radius 1 is 0.773 bits per heavy atom. The fourth-order valence-electron chi connectivity index (χ4n) is 2.42. The second kappa shape index (κ2) is 7.31. The Bertz CT molecular complexity index is 649. The summed E-state index contributed by atoms with van der Waals surface area (Å²) in [6.45, 7) is 0. The molecule has 0 radical (unpaired) electrons. The van der Waals surface area contributed by atoms with Crippen molar-refractivity contribution in [3.05, 3.63) is 90.8 Å². The van der Waals surface area contributed by atoms with Crippen LogP contribution in [0.2, 0.25) is 0 Å². The maximum absolute atomic E-state index is 10.6. The fraction of sp³-hybridized carbons (Fsp3) is 0.105. The van der Waals surface area contributed by atoms with Gasteiger partial charge < -0.3 is 5.11 Å². The van der Waals surface area contributed by atoms with Crippen molar-refractivity contribution >= 4 is 18.5 Å². The van der Waals surface area contributed by atoms with Crippen LogP contribution < -0.4 is 10.6 Å². The molecule has 3 heteroatoms. The highest BCUT2D eigenvalue weighted by molar-refractivity contribution is 7.73. The molecule has 0 saturated heterocycles. The highest BCUT2D eigenvalue weighted by Crippen LogP contribution is 2.37. The molecule has 0 aliphatic carbocycles. The third kappa shape index (κ3) is 3.59. The van der Waals surface area contributed by atoms with E-state index in [1.165, 1.54) is 10.6 Å². The third-order valence-corrected chi connectivity index (χ3v) is 6.07. The van der Waals surface area contributed by atoms with Crippen LogP contribution in [0.25, 0.3) is 0 Å². The number of pyridine rings is 1. The van der Waals surface area contributed by atoms with Crippen LogP contribution in [0.5, 0.6) is 0 Å². The van der Waals surface area contributed by atoms with Gasteiger partial charge in [0.2, 0.25) is 0 Å². The summed E-state index contributed by atoms with van der Waals surface area (Å²) >= 11 is 0. The fourth-order valence-corrected chi connectivity index (χ4v) is 4.73. The minimum atomic E-state index is -0.604. The van der Waals surface area contributed by atoms with Gasteiger partial charge in [-0.3, -0.25) is 4.98 Å². The monoisotopic (exact) mass is 307 g/mol. The van der Waals surface area contributed by atoms with Gasteiger partial charge in [-0.2, -0.15) is 0 Å². The summed E-state index contributed by atoms with van der Waals surface area (Å²) in [5.74, 6) is 0. The van der Waals surface area contributed by atoms with E-state index < -0.39 is 14.0 Å². The molecule has 0 spiro atoms. The van der Waals surface area contributed by atoms with Gasteiger partial charge in [-0.15, -0.1) is 0 Å². The lowest BCUT2D eigenvalue weighted by Crippen LogP contribution is -2.18. The molecule has 3 rings (SSSR count). The molecule has 0 bridgehead atoms. The van der Waals surface area contributed by atoms with Gasteiger partial charge in [-0.25, -0.2) is 0 Å². The second-order valence-electron chi connectivity index (χ2n) is 5.05. The van der Waals surface area contributed by atoms with Crippen molar-refractivity contribution in [3.63, 3.8) is 0 Å². The second-order valence-corrected chi connectivity index (χ2v) is 7.31. The van der Waals surface area contributed by atoms with Crippen LogP contribution in [0, 0.1) is 0 Å². The predicted octanol–water partition coefficient (Wildman–Crippen LogP) is 3.25. The molecule has 1 atom stereocenters. The zero-order valence-electron chi connectivity index (χ0n) is 12.2. The van der Waals surface area contributed by atoms with Gasteiger partial charge in [0, 0.05) is 12.4 Å². The molecule has 3 aromatic rings. The lowest BCUT2D eigenvalue weighted by molar-refractivity contribution is 0.198. The molecular formula is C19H18NOP. The smallest absolute Gasteiger partial charge is 0.100 e. The van der Waals surface area contributed by atoms with Gasteiger partial charge in [0.15, 0.2) is 0 Å². The lowest BCUT2D eigenvalue weighted by Gasteiger charge is -2.21. The first-order chi connectivity index (χ1) is 10.8. The quantitative estimate of drug-likeness (QED) is 0.734. The molecule has 110 valence electrons. The first-order valence-electron chi connectivity index (χ1n) is 7.31. The summed E-state index contributed by atoms with van der Waals surface area (Å²) in [5, 5.41) is 13.1. The van der Waals surface area contributed by atoms with Crippen LogP contribution in [0.4, 0.5) is 0 Å². The van der Waals surface area contributed by atoms with Gasteiger partial charge in [-0.05, 0) is 30.7 Å². The van der Waals surface area contributed by atoms with Gasteiger partial charge >= 0.3 is 0 Å². The van der Waals surface area contributed by atoms with Crippen molar-refractivity contribution in [2.45, 2.75) is 6.10 Å². The molecule has 0 unspecified atom stereocenters. The van der Waals surface area contributed by atoms with Crippen LogP contribution in [-0.2, 0) is 0 Å². The van der Waals surface area contributed by atoms with Gasteiger partial charge in [0.25, 0.3) is 0 Å². The van der Waals surface area contributed by atoms with Crippen LogP contribution in [0.1, 0.15) is 11.8 Å². The zero-order valence-corrected chi connectivity index (χ0v) is 13.1. The van der Waals surface area contributed by atoms with E-state index in [1.807, 2.05) is 30.3 Å². The van der Waals surface area contributed by atoms with Crippen LogP contribution in [0.15, 0.2) is 85.1 Å². The van der Waals surface area contributed by atoms with E-state index in [0.29, 0.717) is 6.16 Å². The number of aliphatic hydroxyl groups excluding tert-OH is 1. The van der Waals surface area contributed by atoms with Crippen LogP contribution in [-0.4, -0.2) is 16.3 Å². The molecule has 1 aromatic heterocycles. The van der Waals surface area contributed by atoms with Crippen molar-refractivity contribution in [1.29, 1.82) is 0 Å². The molecule has 0 fully saturated rings. The SMILES string of the molecule is O[C@@H](CP(c1ccccc1)c1ccccc1)c1ccccn1. The molecule has 0 aliphatic heterocycles.